The first-order valence-corrected chi connectivity index (χ1v) is 14.6. The second-order valence-electron chi connectivity index (χ2n) is 9.24. The fraction of sp³-hybridized carbons (Fsp3) is 0.0323. The number of carbonyl (C=O) groups excluding carboxylic acids is 1. The van der Waals surface area contributed by atoms with Gasteiger partial charge in [-0.2, -0.15) is 9.78 Å². The third-order valence-electron chi connectivity index (χ3n) is 6.29. The minimum Gasteiger partial charge on any atom is -0.481 e. The minimum atomic E-state index is -0.563. The van der Waals surface area contributed by atoms with Crippen molar-refractivity contribution in [2.45, 2.75) is 0 Å². The number of para-hydroxylation sites is 2. The molecule has 2 heterocycles. The zero-order chi connectivity index (χ0) is 30.1. The number of anilines is 1. The lowest BCUT2D eigenvalue weighted by molar-refractivity contribution is -0.118. The number of benzene rings is 4. The van der Waals surface area contributed by atoms with Gasteiger partial charge >= 0.3 is 0 Å². The average Bonchev–Trinajstić information content (AvgIpc) is 3.40. The highest BCUT2D eigenvalue weighted by Gasteiger charge is 2.17. The summed E-state index contributed by atoms with van der Waals surface area (Å²) in [5.74, 6) is -0.326. The predicted octanol–water partition coefficient (Wildman–Crippen LogP) is 8.03. The van der Waals surface area contributed by atoms with E-state index in [1.807, 2.05) is 18.2 Å². The van der Waals surface area contributed by atoms with Crippen LogP contribution in [0.4, 0.5) is 10.1 Å². The molecule has 0 unspecified atom stereocenters. The molecule has 0 saturated heterocycles. The Bertz CT molecular complexity index is 2110. The molecular formula is C31H18Br2ClFN4O4. The number of aromatic nitrogens is 2. The number of halogens is 4. The molecule has 0 radical (unpaired) electrons. The lowest BCUT2D eigenvalue weighted by Crippen LogP contribution is -2.21. The van der Waals surface area contributed by atoms with E-state index in [-0.39, 0.29) is 27.8 Å². The number of amides is 1. The molecule has 1 N–H and O–H groups in total. The minimum absolute atomic E-state index is 0.0427. The molecule has 12 heteroatoms. The van der Waals surface area contributed by atoms with Crippen LogP contribution in [0, 0.1) is 5.82 Å². The molecule has 6 rings (SSSR count). The number of nitrogens with one attached hydrogen (secondary N) is 1. The second kappa shape index (κ2) is 12.1. The third kappa shape index (κ3) is 6.10. The topological polar surface area (TPSA) is 98.7 Å². The Kier molecular flexibility index (Phi) is 8.11. The molecule has 4 aromatic carbocycles. The Labute approximate surface area is 265 Å². The van der Waals surface area contributed by atoms with Gasteiger partial charge in [0.1, 0.15) is 11.4 Å². The number of ether oxygens (including phenoxy) is 1. The van der Waals surface area contributed by atoms with Crippen LogP contribution in [-0.2, 0) is 4.79 Å². The maximum absolute atomic E-state index is 13.8. The van der Waals surface area contributed by atoms with Gasteiger partial charge < -0.3 is 14.5 Å². The first-order chi connectivity index (χ1) is 20.8. The van der Waals surface area contributed by atoms with E-state index in [9.17, 15) is 14.0 Å². The van der Waals surface area contributed by atoms with Crippen molar-refractivity contribution in [2.75, 3.05) is 11.9 Å². The SMILES string of the molecule is O=C(COc1c(Cl)cc(C=Nn2c(-c3cc4cc(Br)ccc4o3)nc3ccccc3c2=O)cc1Br)Nc1ccccc1F. The van der Waals surface area contributed by atoms with Crippen molar-refractivity contribution in [1.82, 2.24) is 9.66 Å². The smallest absolute Gasteiger partial charge is 0.282 e. The summed E-state index contributed by atoms with van der Waals surface area (Å²) in [6.07, 6.45) is 1.45. The highest BCUT2D eigenvalue weighted by atomic mass is 79.9. The number of carbonyl (C=O) groups is 1. The highest BCUT2D eigenvalue weighted by molar-refractivity contribution is 9.10. The Morgan fingerprint density at radius 1 is 1.07 bits per heavy atom. The van der Waals surface area contributed by atoms with Crippen molar-refractivity contribution in [2.24, 2.45) is 5.10 Å². The lowest BCUT2D eigenvalue weighted by atomic mass is 10.2. The maximum atomic E-state index is 13.8. The molecule has 0 bridgehead atoms. The van der Waals surface area contributed by atoms with Gasteiger partial charge in [0.05, 0.1) is 32.3 Å². The largest absolute Gasteiger partial charge is 0.481 e. The molecule has 0 fully saturated rings. The monoisotopic (exact) mass is 722 g/mol. The standard InChI is InChI=1S/C31H18Br2ClFN4O4/c32-19-9-10-26-18(13-19)14-27(43-26)30-38-24-7-3-1-5-20(24)31(41)39(30)36-15-17-11-21(33)29(22(34)12-17)42-16-28(40)37-25-8-4-2-6-23(25)35/h1-15H,16H2,(H,37,40). The van der Waals surface area contributed by atoms with Crippen LogP contribution < -0.4 is 15.6 Å². The van der Waals surface area contributed by atoms with Crippen LogP contribution in [0.25, 0.3) is 33.5 Å². The molecule has 0 aliphatic carbocycles. The molecule has 214 valence electrons. The summed E-state index contributed by atoms with van der Waals surface area (Å²) in [4.78, 5) is 30.5. The fourth-order valence-electron chi connectivity index (χ4n) is 4.32. The van der Waals surface area contributed by atoms with Gasteiger partial charge in [0.15, 0.2) is 18.1 Å². The van der Waals surface area contributed by atoms with Gasteiger partial charge in [-0.15, -0.1) is 0 Å². The maximum Gasteiger partial charge on any atom is 0.282 e. The number of hydrogen-bond donors (Lipinski definition) is 1. The second-order valence-corrected chi connectivity index (χ2v) is 11.4. The summed E-state index contributed by atoms with van der Waals surface area (Å²) in [6.45, 7) is -0.407. The summed E-state index contributed by atoms with van der Waals surface area (Å²) in [7, 11) is 0. The summed E-state index contributed by atoms with van der Waals surface area (Å²) < 4.78 is 28.0. The van der Waals surface area contributed by atoms with E-state index in [1.54, 1.807) is 48.5 Å². The number of rotatable bonds is 7. The third-order valence-corrected chi connectivity index (χ3v) is 7.65. The van der Waals surface area contributed by atoms with Gasteiger partial charge in [-0.05, 0) is 82.2 Å². The number of nitrogens with zero attached hydrogens (tertiary/aromatic N) is 3. The van der Waals surface area contributed by atoms with Crippen LogP contribution in [0.15, 0.2) is 108 Å². The molecule has 2 aromatic heterocycles. The van der Waals surface area contributed by atoms with E-state index in [1.165, 1.54) is 29.1 Å². The Morgan fingerprint density at radius 3 is 2.67 bits per heavy atom. The lowest BCUT2D eigenvalue weighted by Gasteiger charge is -2.12. The molecule has 0 atom stereocenters. The van der Waals surface area contributed by atoms with E-state index < -0.39 is 18.3 Å². The van der Waals surface area contributed by atoms with Crippen molar-refractivity contribution < 1.29 is 18.3 Å². The van der Waals surface area contributed by atoms with Crippen LogP contribution in [0.1, 0.15) is 5.56 Å². The van der Waals surface area contributed by atoms with Crippen molar-refractivity contribution in [3.8, 4) is 17.3 Å². The Hall–Kier alpha value is -4.32. The molecule has 0 spiro atoms. The molecule has 1 amide bonds. The first-order valence-electron chi connectivity index (χ1n) is 12.7. The van der Waals surface area contributed by atoms with Gasteiger partial charge in [0.2, 0.25) is 5.82 Å². The van der Waals surface area contributed by atoms with E-state index in [0.717, 1.165) is 9.86 Å². The van der Waals surface area contributed by atoms with Crippen molar-refractivity contribution in [1.29, 1.82) is 0 Å². The van der Waals surface area contributed by atoms with E-state index in [4.69, 9.17) is 20.8 Å². The number of hydrogen-bond acceptors (Lipinski definition) is 6. The Balaban J connectivity index is 1.30. The van der Waals surface area contributed by atoms with Gasteiger partial charge in [-0.1, -0.05) is 51.8 Å². The summed E-state index contributed by atoms with van der Waals surface area (Å²) in [5.41, 5.74) is 1.32. The molecule has 6 aromatic rings. The quantitative estimate of drug-likeness (QED) is 0.168. The fourth-order valence-corrected chi connectivity index (χ4v) is 5.69. The van der Waals surface area contributed by atoms with Crippen LogP contribution in [-0.4, -0.2) is 28.4 Å². The number of fused-ring (bicyclic) bond motifs is 2. The normalized spacial score (nSPS) is 11.4. The molecule has 0 aliphatic heterocycles. The molecule has 0 saturated carbocycles. The predicted molar refractivity (Wildman–Crippen MR) is 172 cm³/mol. The van der Waals surface area contributed by atoms with Crippen molar-refractivity contribution in [3.05, 3.63) is 121 Å². The zero-order valence-corrected chi connectivity index (χ0v) is 25.8. The summed E-state index contributed by atoms with van der Waals surface area (Å²) in [5, 5.41) is 8.31. The molecule has 8 nitrogen and oxygen atoms in total. The van der Waals surface area contributed by atoms with Gasteiger partial charge in [-0.3, -0.25) is 9.59 Å². The zero-order valence-electron chi connectivity index (χ0n) is 21.9. The average molecular weight is 725 g/mol. The number of furan rings is 1. The van der Waals surface area contributed by atoms with Gasteiger partial charge in [0.25, 0.3) is 11.5 Å². The Morgan fingerprint density at radius 2 is 1.86 bits per heavy atom. The summed E-state index contributed by atoms with van der Waals surface area (Å²) >= 11 is 13.3. The van der Waals surface area contributed by atoms with E-state index in [0.29, 0.717) is 32.3 Å². The molecule has 0 aliphatic rings. The van der Waals surface area contributed by atoms with Gasteiger partial charge in [-0.25, -0.2) is 9.37 Å². The van der Waals surface area contributed by atoms with Crippen LogP contribution in [0.3, 0.4) is 0 Å². The molecule has 43 heavy (non-hydrogen) atoms. The van der Waals surface area contributed by atoms with Gasteiger partial charge in [0, 0.05) is 9.86 Å². The van der Waals surface area contributed by atoms with Crippen molar-refractivity contribution >= 4 is 83.1 Å². The highest BCUT2D eigenvalue weighted by Crippen LogP contribution is 2.34. The van der Waals surface area contributed by atoms with Crippen LogP contribution in [0.2, 0.25) is 5.02 Å². The van der Waals surface area contributed by atoms with Crippen molar-refractivity contribution in [3.63, 3.8) is 0 Å². The molecular weight excluding hydrogens is 707 g/mol. The first kappa shape index (κ1) is 28.8. The van der Waals surface area contributed by atoms with E-state index in [2.05, 4.69) is 47.3 Å². The van der Waals surface area contributed by atoms with Crippen LogP contribution in [0.5, 0.6) is 5.75 Å². The van der Waals surface area contributed by atoms with Crippen LogP contribution >= 0.6 is 43.5 Å². The van der Waals surface area contributed by atoms with E-state index >= 15 is 0 Å². The summed E-state index contributed by atoms with van der Waals surface area (Å²) in [6, 6.07) is 23.4.